The summed E-state index contributed by atoms with van der Waals surface area (Å²) in [7, 11) is 0. The second-order valence-electron chi connectivity index (χ2n) is 5.47. The van der Waals surface area contributed by atoms with Gasteiger partial charge in [-0.25, -0.2) is 0 Å². The molecule has 0 aliphatic carbocycles. The van der Waals surface area contributed by atoms with Crippen LogP contribution in [0.5, 0.6) is 0 Å². The zero-order valence-corrected chi connectivity index (χ0v) is 13.8. The zero-order valence-electron chi connectivity index (χ0n) is 13.8. The Hall–Kier alpha value is -1.59. The van der Waals surface area contributed by atoms with Crippen molar-refractivity contribution in [1.82, 2.24) is 15.0 Å². The van der Waals surface area contributed by atoms with E-state index < -0.39 is 0 Å². The van der Waals surface area contributed by atoms with Gasteiger partial charge in [-0.15, -0.1) is 0 Å². The Balaban J connectivity index is 2.27. The van der Waals surface area contributed by atoms with Crippen molar-refractivity contribution in [3.05, 3.63) is 0 Å². The van der Waals surface area contributed by atoms with E-state index in [0.29, 0.717) is 5.95 Å². The van der Waals surface area contributed by atoms with Gasteiger partial charge in [0.15, 0.2) is 0 Å². The molecule has 0 saturated carbocycles. The maximum Gasteiger partial charge on any atom is 0.231 e. The molecule has 21 heavy (non-hydrogen) atoms. The molecule has 1 aromatic rings. The normalized spacial score (nSPS) is 18.1. The van der Waals surface area contributed by atoms with E-state index in [1.54, 1.807) is 0 Å². The second kappa shape index (κ2) is 7.43. The van der Waals surface area contributed by atoms with Crippen LogP contribution in [0.2, 0.25) is 0 Å². The average Bonchev–Trinajstić information content (AvgIpc) is 2.98. The quantitative estimate of drug-likeness (QED) is 0.833. The molecule has 0 bridgehead atoms. The first-order chi connectivity index (χ1) is 10.2. The van der Waals surface area contributed by atoms with Crippen molar-refractivity contribution in [3.8, 4) is 0 Å². The molecule has 2 rings (SSSR count). The summed E-state index contributed by atoms with van der Waals surface area (Å²) in [5.74, 6) is 3.05. The molecule has 0 spiro atoms. The summed E-state index contributed by atoms with van der Waals surface area (Å²) in [6.07, 6.45) is 2.46. The van der Waals surface area contributed by atoms with E-state index >= 15 is 0 Å². The fourth-order valence-corrected chi connectivity index (χ4v) is 2.73. The van der Waals surface area contributed by atoms with Gasteiger partial charge in [0.05, 0.1) is 0 Å². The second-order valence-corrected chi connectivity index (χ2v) is 5.47. The number of rotatable bonds is 7. The third-order valence-corrected chi connectivity index (χ3v) is 4.14. The van der Waals surface area contributed by atoms with Gasteiger partial charge in [0.1, 0.15) is 0 Å². The summed E-state index contributed by atoms with van der Waals surface area (Å²) in [6, 6.07) is 0. The third kappa shape index (κ3) is 3.74. The van der Waals surface area contributed by atoms with Crippen molar-refractivity contribution in [1.29, 1.82) is 0 Å². The number of aromatic nitrogens is 3. The van der Waals surface area contributed by atoms with E-state index in [0.717, 1.165) is 50.5 Å². The molecule has 0 amide bonds. The highest BCUT2D eigenvalue weighted by Gasteiger charge is 2.24. The highest BCUT2D eigenvalue weighted by Crippen LogP contribution is 2.24. The maximum absolute atomic E-state index is 4.70. The minimum absolute atomic E-state index is 0.685. The predicted molar refractivity (Wildman–Crippen MR) is 88.2 cm³/mol. The Labute approximate surface area is 128 Å². The van der Waals surface area contributed by atoms with E-state index in [1.807, 2.05) is 0 Å². The smallest absolute Gasteiger partial charge is 0.231 e. The van der Waals surface area contributed by atoms with Gasteiger partial charge < -0.3 is 15.1 Å². The number of hydrogen-bond donors (Lipinski definition) is 1. The molecule has 1 saturated heterocycles. The van der Waals surface area contributed by atoms with Gasteiger partial charge in [-0.3, -0.25) is 0 Å². The minimum Gasteiger partial charge on any atom is -0.354 e. The molecule has 1 aliphatic heterocycles. The lowest BCUT2D eigenvalue weighted by Gasteiger charge is -2.22. The van der Waals surface area contributed by atoms with Crippen molar-refractivity contribution in [2.45, 2.75) is 40.5 Å². The molecule has 0 radical (unpaired) electrons. The number of anilines is 3. The van der Waals surface area contributed by atoms with Crippen LogP contribution in [0, 0.1) is 5.92 Å². The Kier molecular flexibility index (Phi) is 5.59. The maximum atomic E-state index is 4.70. The first-order valence-corrected chi connectivity index (χ1v) is 8.21. The monoisotopic (exact) mass is 292 g/mol. The summed E-state index contributed by atoms with van der Waals surface area (Å²) in [6.45, 7) is 13.3. The molecule has 1 atom stereocenters. The van der Waals surface area contributed by atoms with Crippen molar-refractivity contribution in [2.24, 2.45) is 5.92 Å². The first-order valence-electron chi connectivity index (χ1n) is 8.21. The molecule has 1 unspecified atom stereocenters. The van der Waals surface area contributed by atoms with Gasteiger partial charge in [0.25, 0.3) is 0 Å². The predicted octanol–water partition coefficient (Wildman–Crippen LogP) is 2.39. The molecule has 1 fully saturated rings. The standard InChI is InChI=1S/C15H28N6/c1-5-12-9-10-21(11-12)15-18-13(16-6-2)17-14(19-15)20(7-3)8-4/h12H,5-11H2,1-4H3,(H,16,17,18,19). The molecule has 2 heterocycles. The molecule has 6 nitrogen and oxygen atoms in total. The molecule has 118 valence electrons. The Morgan fingerprint density at radius 1 is 1.14 bits per heavy atom. The van der Waals surface area contributed by atoms with E-state index in [1.165, 1.54) is 12.8 Å². The van der Waals surface area contributed by atoms with Crippen LogP contribution in [0.1, 0.15) is 40.5 Å². The van der Waals surface area contributed by atoms with Crippen LogP contribution in [0.15, 0.2) is 0 Å². The van der Waals surface area contributed by atoms with Crippen LogP contribution in [0.3, 0.4) is 0 Å². The lowest BCUT2D eigenvalue weighted by Crippen LogP contribution is -2.28. The summed E-state index contributed by atoms with van der Waals surface area (Å²) >= 11 is 0. The lowest BCUT2D eigenvalue weighted by molar-refractivity contribution is 0.568. The Bertz CT molecular complexity index is 446. The van der Waals surface area contributed by atoms with Crippen molar-refractivity contribution in [3.63, 3.8) is 0 Å². The van der Waals surface area contributed by atoms with Crippen LogP contribution in [0.25, 0.3) is 0 Å². The van der Waals surface area contributed by atoms with Crippen molar-refractivity contribution < 1.29 is 0 Å². The van der Waals surface area contributed by atoms with Gasteiger partial charge in [-0.2, -0.15) is 15.0 Å². The number of nitrogens with one attached hydrogen (secondary N) is 1. The van der Waals surface area contributed by atoms with Gasteiger partial charge in [-0.05, 0) is 33.1 Å². The largest absolute Gasteiger partial charge is 0.354 e. The van der Waals surface area contributed by atoms with Crippen LogP contribution >= 0.6 is 0 Å². The minimum atomic E-state index is 0.685. The SMILES string of the molecule is CCNc1nc(N(CC)CC)nc(N2CCC(CC)C2)n1. The van der Waals surface area contributed by atoms with Crippen molar-refractivity contribution in [2.75, 3.05) is 47.8 Å². The highest BCUT2D eigenvalue weighted by atomic mass is 15.4. The molecule has 0 aromatic carbocycles. The topological polar surface area (TPSA) is 57.2 Å². The first kappa shape index (κ1) is 15.8. The van der Waals surface area contributed by atoms with Crippen LogP contribution in [-0.2, 0) is 0 Å². The van der Waals surface area contributed by atoms with Crippen molar-refractivity contribution >= 4 is 17.8 Å². The van der Waals surface area contributed by atoms with Crippen LogP contribution in [0.4, 0.5) is 17.8 Å². The fraction of sp³-hybridized carbons (Fsp3) is 0.800. The van der Waals surface area contributed by atoms with Gasteiger partial charge in [0, 0.05) is 32.7 Å². The van der Waals surface area contributed by atoms with E-state index in [4.69, 9.17) is 4.98 Å². The number of hydrogen-bond acceptors (Lipinski definition) is 6. The summed E-state index contributed by atoms with van der Waals surface area (Å²) in [5, 5.41) is 3.22. The summed E-state index contributed by atoms with van der Waals surface area (Å²) in [5.41, 5.74) is 0. The number of nitrogens with zero attached hydrogens (tertiary/aromatic N) is 5. The van der Waals surface area contributed by atoms with E-state index in [-0.39, 0.29) is 0 Å². The van der Waals surface area contributed by atoms with Gasteiger partial charge in [0.2, 0.25) is 17.8 Å². The molecule has 1 aromatic heterocycles. The molecule has 1 N–H and O–H groups in total. The molecular weight excluding hydrogens is 264 g/mol. The lowest BCUT2D eigenvalue weighted by atomic mass is 10.1. The van der Waals surface area contributed by atoms with E-state index in [9.17, 15) is 0 Å². The van der Waals surface area contributed by atoms with Crippen LogP contribution < -0.4 is 15.1 Å². The Morgan fingerprint density at radius 2 is 1.90 bits per heavy atom. The molecule has 1 aliphatic rings. The van der Waals surface area contributed by atoms with E-state index in [2.05, 4.69) is 52.8 Å². The Morgan fingerprint density at radius 3 is 2.48 bits per heavy atom. The third-order valence-electron chi connectivity index (χ3n) is 4.14. The molecule has 6 heteroatoms. The summed E-state index contributed by atoms with van der Waals surface area (Å²) in [4.78, 5) is 18.3. The van der Waals surface area contributed by atoms with Gasteiger partial charge >= 0.3 is 0 Å². The van der Waals surface area contributed by atoms with Gasteiger partial charge in [-0.1, -0.05) is 13.3 Å². The highest BCUT2D eigenvalue weighted by molar-refractivity contribution is 5.45. The fourth-order valence-electron chi connectivity index (χ4n) is 2.73. The molecular formula is C15H28N6. The zero-order chi connectivity index (χ0) is 15.2. The summed E-state index contributed by atoms with van der Waals surface area (Å²) < 4.78 is 0. The van der Waals surface area contributed by atoms with Crippen LogP contribution in [-0.4, -0.2) is 47.7 Å². The average molecular weight is 292 g/mol.